The number of nitrogens with one attached hydrogen (secondary N) is 1. The largest absolute Gasteiger partial charge is 0.314 e. The van der Waals surface area contributed by atoms with E-state index in [1.807, 2.05) is 4.68 Å². The van der Waals surface area contributed by atoms with Crippen LogP contribution in [0.25, 0.3) is 0 Å². The highest BCUT2D eigenvalue weighted by Gasteiger charge is 2.32. The van der Waals surface area contributed by atoms with Gasteiger partial charge < -0.3 is 5.32 Å². The highest BCUT2D eigenvalue weighted by Crippen LogP contribution is 2.33. The summed E-state index contributed by atoms with van der Waals surface area (Å²) in [6.45, 7) is 0. The first-order valence-corrected chi connectivity index (χ1v) is 8.81. The van der Waals surface area contributed by atoms with E-state index in [0.29, 0.717) is 5.92 Å². The zero-order chi connectivity index (χ0) is 14.7. The van der Waals surface area contributed by atoms with Gasteiger partial charge in [0.05, 0.1) is 0 Å². The third-order valence-electron chi connectivity index (χ3n) is 5.68. The van der Waals surface area contributed by atoms with Crippen molar-refractivity contribution in [1.82, 2.24) is 20.1 Å². The molecule has 1 aromatic heterocycles. The predicted octanol–water partition coefficient (Wildman–Crippen LogP) is 3.33. The van der Waals surface area contributed by atoms with Crippen molar-refractivity contribution in [1.29, 1.82) is 0 Å². The minimum Gasteiger partial charge on any atom is -0.314 e. The van der Waals surface area contributed by atoms with Gasteiger partial charge in [0.2, 0.25) is 0 Å². The summed E-state index contributed by atoms with van der Waals surface area (Å²) in [5, 5.41) is 8.34. The number of aromatic nitrogens is 3. The normalized spacial score (nSPS) is 23.3. The first-order valence-electron chi connectivity index (χ1n) is 8.81. The van der Waals surface area contributed by atoms with E-state index in [1.54, 1.807) is 0 Å². The van der Waals surface area contributed by atoms with Gasteiger partial charge in [0.15, 0.2) is 5.82 Å². The maximum absolute atomic E-state index is 4.93. The lowest BCUT2D eigenvalue weighted by atomic mass is 9.79. The Morgan fingerprint density at radius 2 is 1.76 bits per heavy atom. The Hall–Kier alpha value is -0.900. The van der Waals surface area contributed by atoms with Gasteiger partial charge in [-0.25, -0.2) is 4.98 Å². The molecule has 0 aliphatic heterocycles. The molecule has 0 aromatic carbocycles. The van der Waals surface area contributed by atoms with E-state index in [-0.39, 0.29) is 5.54 Å². The lowest BCUT2D eigenvalue weighted by molar-refractivity contribution is 0.239. The van der Waals surface area contributed by atoms with Crippen LogP contribution >= 0.6 is 0 Å². The summed E-state index contributed by atoms with van der Waals surface area (Å²) >= 11 is 0. The Morgan fingerprint density at radius 3 is 2.43 bits per heavy atom. The number of nitrogens with zero attached hydrogens (tertiary/aromatic N) is 3. The summed E-state index contributed by atoms with van der Waals surface area (Å²) in [6, 6.07) is 0. The maximum Gasteiger partial charge on any atom is 0.154 e. The molecule has 21 heavy (non-hydrogen) atoms. The van der Waals surface area contributed by atoms with Gasteiger partial charge in [0.25, 0.3) is 0 Å². The number of hydrogen-bond acceptors (Lipinski definition) is 3. The Bertz CT molecular complexity index is 453. The van der Waals surface area contributed by atoms with E-state index in [1.165, 1.54) is 70.0 Å². The summed E-state index contributed by atoms with van der Waals surface area (Å²) in [5.74, 6) is 2.89. The molecule has 0 unspecified atom stereocenters. The molecule has 0 spiro atoms. The van der Waals surface area contributed by atoms with E-state index in [4.69, 9.17) is 10.1 Å². The van der Waals surface area contributed by atoms with Gasteiger partial charge in [-0.2, -0.15) is 5.10 Å². The Balaban J connectivity index is 1.74. The van der Waals surface area contributed by atoms with Gasteiger partial charge in [0.1, 0.15) is 5.82 Å². The molecule has 0 bridgehead atoms. The average Bonchev–Trinajstić information content (AvgIpc) is 2.90. The lowest BCUT2D eigenvalue weighted by Crippen LogP contribution is -2.47. The highest BCUT2D eigenvalue weighted by molar-refractivity contribution is 5.05. The van der Waals surface area contributed by atoms with Crippen molar-refractivity contribution in [3.63, 3.8) is 0 Å². The molecule has 2 aliphatic rings. The molecule has 0 radical (unpaired) electrons. The topological polar surface area (TPSA) is 42.7 Å². The molecule has 1 N–H and O–H groups in total. The van der Waals surface area contributed by atoms with Crippen molar-refractivity contribution in [2.75, 3.05) is 7.05 Å². The minimum absolute atomic E-state index is 0.253. The van der Waals surface area contributed by atoms with Crippen molar-refractivity contribution in [2.24, 2.45) is 7.05 Å². The first-order chi connectivity index (χ1) is 10.2. The molecule has 4 heteroatoms. The van der Waals surface area contributed by atoms with Crippen LogP contribution in [0.2, 0.25) is 0 Å². The van der Waals surface area contributed by atoms with E-state index < -0.39 is 0 Å². The minimum atomic E-state index is 0.253. The van der Waals surface area contributed by atoms with Crippen molar-refractivity contribution in [2.45, 2.75) is 82.1 Å². The quantitative estimate of drug-likeness (QED) is 0.925. The van der Waals surface area contributed by atoms with Gasteiger partial charge in [-0.05, 0) is 32.7 Å². The van der Waals surface area contributed by atoms with E-state index in [0.717, 1.165) is 12.2 Å². The standard InChI is InChI=1S/C17H30N4/c1-18-17(11-7-4-8-12-17)13-15-19-16(20-21(15)2)14-9-5-3-6-10-14/h14,18H,3-13H2,1-2H3. The molecule has 2 fully saturated rings. The fourth-order valence-corrected chi connectivity index (χ4v) is 4.17. The van der Waals surface area contributed by atoms with Crippen LogP contribution < -0.4 is 5.32 Å². The van der Waals surface area contributed by atoms with Crippen molar-refractivity contribution < 1.29 is 0 Å². The average molecular weight is 290 g/mol. The summed E-state index contributed by atoms with van der Waals surface area (Å²) < 4.78 is 2.04. The van der Waals surface area contributed by atoms with Crippen LogP contribution in [0.15, 0.2) is 0 Å². The van der Waals surface area contributed by atoms with Gasteiger partial charge >= 0.3 is 0 Å². The fourth-order valence-electron chi connectivity index (χ4n) is 4.17. The van der Waals surface area contributed by atoms with Crippen molar-refractivity contribution in [3.8, 4) is 0 Å². The number of aryl methyl sites for hydroxylation is 1. The number of hydrogen-bond donors (Lipinski definition) is 1. The molecule has 4 nitrogen and oxygen atoms in total. The zero-order valence-electron chi connectivity index (χ0n) is 13.7. The van der Waals surface area contributed by atoms with Crippen LogP contribution in [-0.2, 0) is 13.5 Å². The molecule has 1 heterocycles. The van der Waals surface area contributed by atoms with Gasteiger partial charge in [-0.3, -0.25) is 4.68 Å². The molecule has 2 saturated carbocycles. The van der Waals surface area contributed by atoms with Crippen LogP contribution in [-0.4, -0.2) is 27.4 Å². The van der Waals surface area contributed by atoms with Crippen LogP contribution in [0.4, 0.5) is 0 Å². The Kier molecular flexibility index (Phi) is 4.63. The Morgan fingerprint density at radius 1 is 1.10 bits per heavy atom. The molecule has 0 saturated heterocycles. The SMILES string of the molecule is CNC1(Cc2nc(C3CCCCC3)nn2C)CCCCC1. The molecular formula is C17H30N4. The second-order valence-corrected chi connectivity index (χ2v) is 7.11. The zero-order valence-corrected chi connectivity index (χ0v) is 13.7. The van der Waals surface area contributed by atoms with E-state index in [9.17, 15) is 0 Å². The monoisotopic (exact) mass is 290 g/mol. The smallest absolute Gasteiger partial charge is 0.154 e. The third kappa shape index (κ3) is 3.31. The van der Waals surface area contributed by atoms with Gasteiger partial charge in [0, 0.05) is 24.9 Å². The van der Waals surface area contributed by atoms with Crippen molar-refractivity contribution >= 4 is 0 Å². The van der Waals surface area contributed by atoms with E-state index >= 15 is 0 Å². The van der Waals surface area contributed by atoms with E-state index in [2.05, 4.69) is 19.4 Å². The number of rotatable bonds is 4. The first kappa shape index (κ1) is 15.0. The van der Waals surface area contributed by atoms with Gasteiger partial charge in [-0.1, -0.05) is 38.5 Å². The van der Waals surface area contributed by atoms with Gasteiger partial charge in [-0.15, -0.1) is 0 Å². The predicted molar refractivity (Wildman–Crippen MR) is 85.4 cm³/mol. The molecular weight excluding hydrogens is 260 g/mol. The summed E-state index contributed by atoms with van der Waals surface area (Å²) in [5.41, 5.74) is 0.253. The second kappa shape index (κ2) is 6.47. The summed E-state index contributed by atoms with van der Waals surface area (Å²) in [7, 11) is 4.19. The molecule has 1 aromatic rings. The molecule has 118 valence electrons. The highest BCUT2D eigenvalue weighted by atomic mass is 15.3. The molecule has 3 rings (SSSR count). The lowest BCUT2D eigenvalue weighted by Gasteiger charge is -2.36. The van der Waals surface area contributed by atoms with Crippen molar-refractivity contribution in [3.05, 3.63) is 11.6 Å². The third-order valence-corrected chi connectivity index (χ3v) is 5.68. The molecule has 0 amide bonds. The number of likely N-dealkylation sites (N-methyl/N-ethyl adjacent to an activating group) is 1. The molecule has 2 aliphatic carbocycles. The van der Waals surface area contributed by atoms with Crippen LogP contribution in [0.5, 0.6) is 0 Å². The summed E-state index contributed by atoms with van der Waals surface area (Å²) in [4.78, 5) is 4.93. The maximum atomic E-state index is 4.93. The summed E-state index contributed by atoms with van der Waals surface area (Å²) in [6.07, 6.45) is 14.3. The molecule has 0 atom stereocenters. The second-order valence-electron chi connectivity index (χ2n) is 7.11. The fraction of sp³-hybridized carbons (Fsp3) is 0.882. The Labute approximate surface area is 128 Å². The van der Waals surface area contributed by atoms with Crippen LogP contribution in [0, 0.1) is 0 Å². The van der Waals surface area contributed by atoms with Crippen LogP contribution in [0.3, 0.4) is 0 Å². The van der Waals surface area contributed by atoms with Crippen LogP contribution in [0.1, 0.15) is 81.8 Å².